The molecule has 2 heteroatoms. The van der Waals surface area contributed by atoms with E-state index in [9.17, 15) is 0 Å². The standard InChI is InChI=1S/C17H26N2/c1-6-11-13(8-3)19-17-12(7-2)14(9-4)18-15(10-5)16(11)17/h19H,6-10H2,1-5H3. The van der Waals surface area contributed by atoms with Crippen molar-refractivity contribution in [1.82, 2.24) is 9.97 Å². The van der Waals surface area contributed by atoms with Gasteiger partial charge in [0.15, 0.2) is 0 Å². The highest BCUT2D eigenvalue weighted by molar-refractivity contribution is 5.90. The summed E-state index contributed by atoms with van der Waals surface area (Å²) in [4.78, 5) is 8.64. The van der Waals surface area contributed by atoms with Crippen molar-refractivity contribution >= 4 is 10.9 Å². The van der Waals surface area contributed by atoms with Crippen LogP contribution in [0.5, 0.6) is 0 Å². The maximum atomic E-state index is 4.94. The Morgan fingerprint density at radius 1 is 0.737 bits per heavy atom. The SMILES string of the molecule is CCc1nc(CC)c2c(CC)c(CC)[nH]c2c1CC. The van der Waals surface area contributed by atoms with Crippen LogP contribution >= 0.6 is 0 Å². The normalized spacial score (nSPS) is 11.4. The van der Waals surface area contributed by atoms with Gasteiger partial charge < -0.3 is 4.98 Å². The quantitative estimate of drug-likeness (QED) is 0.847. The molecule has 0 fully saturated rings. The summed E-state index contributed by atoms with van der Waals surface area (Å²) in [6.07, 6.45) is 5.26. The average Bonchev–Trinajstić information content (AvgIpc) is 2.83. The topological polar surface area (TPSA) is 28.7 Å². The van der Waals surface area contributed by atoms with Gasteiger partial charge in [-0.25, -0.2) is 0 Å². The molecule has 0 spiro atoms. The third kappa shape index (κ3) is 2.18. The molecule has 104 valence electrons. The number of pyridine rings is 1. The Morgan fingerprint density at radius 2 is 1.37 bits per heavy atom. The molecule has 0 aromatic carbocycles. The first kappa shape index (κ1) is 14.1. The number of H-pyrrole nitrogens is 1. The van der Waals surface area contributed by atoms with E-state index in [1.165, 1.54) is 39.1 Å². The van der Waals surface area contributed by atoms with Crippen molar-refractivity contribution in [2.45, 2.75) is 66.7 Å². The van der Waals surface area contributed by atoms with E-state index < -0.39 is 0 Å². The number of hydrogen-bond acceptors (Lipinski definition) is 1. The van der Waals surface area contributed by atoms with Gasteiger partial charge in [0.25, 0.3) is 0 Å². The first-order valence-corrected chi connectivity index (χ1v) is 7.75. The number of hydrogen-bond donors (Lipinski definition) is 1. The first-order valence-electron chi connectivity index (χ1n) is 7.75. The van der Waals surface area contributed by atoms with Crippen molar-refractivity contribution in [3.05, 3.63) is 28.2 Å². The van der Waals surface area contributed by atoms with Gasteiger partial charge in [-0.05, 0) is 43.2 Å². The zero-order valence-electron chi connectivity index (χ0n) is 13.0. The molecule has 2 heterocycles. The van der Waals surface area contributed by atoms with Gasteiger partial charge in [0.2, 0.25) is 0 Å². The number of aromatic nitrogens is 2. The third-order valence-electron chi connectivity index (χ3n) is 4.13. The zero-order valence-corrected chi connectivity index (χ0v) is 13.0. The Labute approximate surface area is 116 Å². The van der Waals surface area contributed by atoms with E-state index in [0.29, 0.717) is 0 Å². The lowest BCUT2D eigenvalue weighted by Crippen LogP contribution is -2.02. The fourth-order valence-corrected chi connectivity index (χ4v) is 3.19. The zero-order chi connectivity index (χ0) is 14.0. The molecular weight excluding hydrogens is 232 g/mol. The lowest BCUT2D eigenvalue weighted by Gasteiger charge is -2.11. The number of rotatable bonds is 5. The minimum atomic E-state index is 1.02. The van der Waals surface area contributed by atoms with Gasteiger partial charge in [0.1, 0.15) is 0 Å². The van der Waals surface area contributed by atoms with Crippen molar-refractivity contribution in [3.8, 4) is 0 Å². The Hall–Kier alpha value is -1.31. The van der Waals surface area contributed by atoms with E-state index in [4.69, 9.17) is 4.98 Å². The summed E-state index contributed by atoms with van der Waals surface area (Å²) in [5, 5.41) is 1.41. The average molecular weight is 258 g/mol. The molecule has 0 aliphatic rings. The van der Waals surface area contributed by atoms with Gasteiger partial charge in [-0.1, -0.05) is 34.6 Å². The van der Waals surface area contributed by atoms with Crippen molar-refractivity contribution in [2.24, 2.45) is 0 Å². The number of nitrogens with one attached hydrogen (secondary N) is 1. The molecule has 0 saturated heterocycles. The maximum Gasteiger partial charge on any atom is 0.0528 e. The second-order valence-electron chi connectivity index (χ2n) is 5.08. The van der Waals surface area contributed by atoms with Crippen LogP contribution in [0.1, 0.15) is 62.8 Å². The summed E-state index contributed by atoms with van der Waals surface area (Å²) in [6.45, 7) is 11.1. The lowest BCUT2D eigenvalue weighted by atomic mass is 9.99. The molecular formula is C17H26N2. The van der Waals surface area contributed by atoms with Gasteiger partial charge in [0.05, 0.1) is 11.2 Å². The Balaban J connectivity index is 2.89. The van der Waals surface area contributed by atoms with Crippen molar-refractivity contribution in [1.29, 1.82) is 0 Å². The summed E-state index contributed by atoms with van der Waals surface area (Å²) in [7, 11) is 0. The number of aromatic amines is 1. The van der Waals surface area contributed by atoms with E-state index in [0.717, 1.165) is 32.1 Å². The van der Waals surface area contributed by atoms with E-state index in [2.05, 4.69) is 39.6 Å². The van der Waals surface area contributed by atoms with Gasteiger partial charge in [-0.2, -0.15) is 0 Å². The maximum absolute atomic E-state index is 4.94. The summed E-state index contributed by atoms with van der Waals surface area (Å²) in [6, 6.07) is 0. The number of nitrogens with zero attached hydrogens (tertiary/aromatic N) is 1. The van der Waals surface area contributed by atoms with Crippen LogP contribution in [-0.4, -0.2) is 9.97 Å². The molecule has 0 bridgehead atoms. The van der Waals surface area contributed by atoms with Crippen LogP contribution in [0.2, 0.25) is 0 Å². The van der Waals surface area contributed by atoms with Crippen LogP contribution in [0.15, 0.2) is 0 Å². The molecule has 19 heavy (non-hydrogen) atoms. The van der Waals surface area contributed by atoms with Crippen LogP contribution in [0.4, 0.5) is 0 Å². The molecule has 0 aliphatic heterocycles. The second kappa shape index (κ2) is 5.77. The monoisotopic (exact) mass is 258 g/mol. The van der Waals surface area contributed by atoms with Gasteiger partial charge in [-0.3, -0.25) is 4.98 Å². The predicted octanol–water partition coefficient (Wildman–Crippen LogP) is 4.37. The molecule has 2 nitrogen and oxygen atoms in total. The van der Waals surface area contributed by atoms with Crippen LogP contribution in [0, 0.1) is 0 Å². The number of aryl methyl sites for hydroxylation is 5. The van der Waals surface area contributed by atoms with Crippen LogP contribution < -0.4 is 0 Å². The molecule has 2 aromatic rings. The minimum absolute atomic E-state index is 1.02. The van der Waals surface area contributed by atoms with Gasteiger partial charge in [0, 0.05) is 16.8 Å². The highest BCUT2D eigenvalue weighted by atomic mass is 14.8. The molecule has 0 radical (unpaired) electrons. The molecule has 0 aliphatic carbocycles. The summed E-state index contributed by atoms with van der Waals surface area (Å²) < 4.78 is 0. The lowest BCUT2D eigenvalue weighted by molar-refractivity contribution is 0.929. The Morgan fingerprint density at radius 3 is 1.84 bits per heavy atom. The van der Waals surface area contributed by atoms with Crippen molar-refractivity contribution in [2.75, 3.05) is 0 Å². The minimum Gasteiger partial charge on any atom is -0.358 e. The smallest absolute Gasteiger partial charge is 0.0528 e. The van der Waals surface area contributed by atoms with E-state index >= 15 is 0 Å². The number of fused-ring (bicyclic) bond motifs is 1. The fourth-order valence-electron chi connectivity index (χ4n) is 3.19. The van der Waals surface area contributed by atoms with Crippen molar-refractivity contribution in [3.63, 3.8) is 0 Å². The molecule has 2 rings (SSSR count). The highest BCUT2D eigenvalue weighted by Gasteiger charge is 2.17. The van der Waals surface area contributed by atoms with Crippen LogP contribution in [0.25, 0.3) is 10.9 Å². The highest BCUT2D eigenvalue weighted by Crippen LogP contribution is 2.31. The molecule has 2 aromatic heterocycles. The summed E-state index contributed by atoms with van der Waals surface area (Å²) in [5.41, 5.74) is 8.22. The van der Waals surface area contributed by atoms with Gasteiger partial charge >= 0.3 is 0 Å². The first-order chi connectivity index (χ1) is 9.21. The van der Waals surface area contributed by atoms with E-state index in [-0.39, 0.29) is 0 Å². The van der Waals surface area contributed by atoms with Gasteiger partial charge in [-0.15, -0.1) is 0 Å². The third-order valence-corrected chi connectivity index (χ3v) is 4.13. The fraction of sp³-hybridized carbons (Fsp3) is 0.588. The largest absolute Gasteiger partial charge is 0.358 e. The van der Waals surface area contributed by atoms with Crippen molar-refractivity contribution < 1.29 is 0 Å². The predicted molar refractivity (Wildman–Crippen MR) is 83.0 cm³/mol. The molecule has 0 saturated carbocycles. The van der Waals surface area contributed by atoms with E-state index in [1.54, 1.807) is 0 Å². The van der Waals surface area contributed by atoms with Crippen LogP contribution in [-0.2, 0) is 32.1 Å². The summed E-state index contributed by atoms with van der Waals surface area (Å²) in [5.74, 6) is 0. The second-order valence-corrected chi connectivity index (χ2v) is 5.08. The van der Waals surface area contributed by atoms with Crippen LogP contribution in [0.3, 0.4) is 0 Å². The Kier molecular flexibility index (Phi) is 4.28. The van der Waals surface area contributed by atoms with E-state index in [1.807, 2.05) is 0 Å². The summed E-state index contributed by atoms with van der Waals surface area (Å²) >= 11 is 0. The molecule has 0 atom stereocenters. The molecule has 0 amide bonds. The Bertz CT molecular complexity index is 579. The molecule has 1 N–H and O–H groups in total. The molecule has 0 unspecified atom stereocenters.